The number of aryl methyl sites for hydroxylation is 1. The van der Waals surface area contributed by atoms with Gasteiger partial charge in [-0.25, -0.2) is 4.79 Å². The molecule has 126 valence electrons. The highest BCUT2D eigenvalue weighted by atomic mass is 16.5. The van der Waals surface area contributed by atoms with Crippen molar-refractivity contribution in [2.75, 3.05) is 51.1 Å². The molecule has 0 aliphatic carbocycles. The first-order valence-electron chi connectivity index (χ1n) is 8.11. The van der Waals surface area contributed by atoms with Crippen molar-refractivity contribution in [3.63, 3.8) is 0 Å². The van der Waals surface area contributed by atoms with E-state index in [9.17, 15) is 9.59 Å². The fourth-order valence-corrected chi connectivity index (χ4v) is 2.98. The number of nitrogens with one attached hydrogen (secondary N) is 1. The van der Waals surface area contributed by atoms with Gasteiger partial charge in [-0.15, -0.1) is 0 Å². The number of aromatic nitrogens is 1. The van der Waals surface area contributed by atoms with Crippen molar-refractivity contribution in [3.05, 3.63) is 11.8 Å². The molecule has 8 heteroatoms. The lowest BCUT2D eigenvalue weighted by Crippen LogP contribution is -2.52. The normalized spacial score (nSPS) is 19.2. The van der Waals surface area contributed by atoms with Gasteiger partial charge >= 0.3 is 6.03 Å². The number of hydrogen-bond acceptors (Lipinski definition) is 5. The van der Waals surface area contributed by atoms with Crippen molar-refractivity contribution >= 4 is 17.8 Å². The number of rotatable bonds is 3. The molecule has 0 unspecified atom stereocenters. The lowest BCUT2D eigenvalue weighted by molar-refractivity contribution is -0.131. The molecule has 2 saturated heterocycles. The Morgan fingerprint density at radius 1 is 1.13 bits per heavy atom. The van der Waals surface area contributed by atoms with Crippen LogP contribution in [0.5, 0.6) is 0 Å². The molecule has 1 aromatic rings. The number of nitrogens with zero attached hydrogens (tertiary/aromatic N) is 4. The number of likely N-dealkylation sites (tertiary alicyclic amines) is 1. The number of anilines is 1. The first kappa shape index (κ1) is 15.8. The van der Waals surface area contributed by atoms with Crippen molar-refractivity contribution in [2.45, 2.75) is 19.8 Å². The van der Waals surface area contributed by atoms with Crippen LogP contribution in [0.15, 0.2) is 10.6 Å². The van der Waals surface area contributed by atoms with Gasteiger partial charge in [-0.3, -0.25) is 15.0 Å². The molecule has 2 aliphatic heterocycles. The zero-order valence-electron chi connectivity index (χ0n) is 13.5. The molecule has 0 bridgehead atoms. The molecule has 0 atom stereocenters. The summed E-state index contributed by atoms with van der Waals surface area (Å²) in [5.74, 6) is 1.29. The predicted octanol–water partition coefficient (Wildman–Crippen LogP) is 0.755. The third-order valence-corrected chi connectivity index (χ3v) is 4.34. The molecule has 3 amide bonds. The average molecular weight is 321 g/mol. The number of amides is 3. The van der Waals surface area contributed by atoms with Gasteiger partial charge in [0, 0.05) is 45.3 Å². The maximum Gasteiger partial charge on any atom is 0.323 e. The fraction of sp³-hybridized carbons (Fsp3) is 0.667. The summed E-state index contributed by atoms with van der Waals surface area (Å²) in [6.45, 7) is 6.65. The van der Waals surface area contributed by atoms with Crippen LogP contribution in [-0.4, -0.2) is 77.6 Å². The molecule has 0 saturated carbocycles. The molecule has 8 nitrogen and oxygen atoms in total. The van der Waals surface area contributed by atoms with Crippen LogP contribution in [-0.2, 0) is 4.79 Å². The van der Waals surface area contributed by atoms with Crippen molar-refractivity contribution in [1.82, 2.24) is 19.9 Å². The molecule has 1 N–H and O–H groups in total. The summed E-state index contributed by atoms with van der Waals surface area (Å²) in [4.78, 5) is 30.1. The van der Waals surface area contributed by atoms with E-state index >= 15 is 0 Å². The van der Waals surface area contributed by atoms with Gasteiger partial charge in [0.25, 0.3) is 0 Å². The van der Waals surface area contributed by atoms with Gasteiger partial charge in [0.05, 0.1) is 6.54 Å². The van der Waals surface area contributed by atoms with E-state index in [0.29, 0.717) is 44.3 Å². The average Bonchev–Trinajstić information content (AvgIpc) is 3.20. The Bertz CT molecular complexity index is 559. The molecule has 2 aliphatic rings. The summed E-state index contributed by atoms with van der Waals surface area (Å²) in [5, 5.41) is 6.48. The standard InChI is InChI=1S/C15H23N5O3/c1-12-10-13(17-23-12)16-15(22)20-8-6-18(7-9-20)11-14(21)19-4-2-3-5-19/h10H,2-9,11H2,1H3,(H,16,17,22). The minimum absolute atomic E-state index is 0.177. The van der Waals surface area contributed by atoms with Crippen LogP contribution in [0, 0.1) is 6.92 Å². The minimum Gasteiger partial charge on any atom is -0.360 e. The molecule has 0 spiro atoms. The number of hydrogen-bond donors (Lipinski definition) is 1. The Morgan fingerprint density at radius 2 is 1.83 bits per heavy atom. The molecule has 0 aromatic carbocycles. The van der Waals surface area contributed by atoms with Crippen LogP contribution in [0.1, 0.15) is 18.6 Å². The van der Waals surface area contributed by atoms with E-state index in [-0.39, 0.29) is 11.9 Å². The Kier molecular flexibility index (Phi) is 4.80. The summed E-state index contributed by atoms with van der Waals surface area (Å²) in [6, 6.07) is 1.51. The largest absolute Gasteiger partial charge is 0.360 e. The predicted molar refractivity (Wildman–Crippen MR) is 84.1 cm³/mol. The lowest BCUT2D eigenvalue weighted by Gasteiger charge is -2.34. The second-order valence-corrected chi connectivity index (χ2v) is 6.10. The van der Waals surface area contributed by atoms with Gasteiger partial charge < -0.3 is 14.3 Å². The molecule has 23 heavy (non-hydrogen) atoms. The van der Waals surface area contributed by atoms with Gasteiger partial charge in [0.15, 0.2) is 5.82 Å². The number of urea groups is 1. The summed E-state index contributed by atoms with van der Waals surface area (Å²) < 4.78 is 4.93. The highest BCUT2D eigenvalue weighted by Crippen LogP contribution is 2.11. The molecule has 2 fully saturated rings. The van der Waals surface area contributed by atoms with E-state index in [1.54, 1.807) is 17.9 Å². The van der Waals surface area contributed by atoms with E-state index < -0.39 is 0 Å². The maximum absolute atomic E-state index is 12.2. The molecule has 3 rings (SSSR count). The zero-order valence-corrected chi connectivity index (χ0v) is 13.5. The van der Waals surface area contributed by atoms with Crippen molar-refractivity contribution in [2.24, 2.45) is 0 Å². The smallest absolute Gasteiger partial charge is 0.323 e. The van der Waals surface area contributed by atoms with Gasteiger partial charge in [-0.1, -0.05) is 5.16 Å². The van der Waals surface area contributed by atoms with E-state index in [2.05, 4.69) is 15.4 Å². The van der Waals surface area contributed by atoms with E-state index in [1.165, 1.54) is 0 Å². The second kappa shape index (κ2) is 6.99. The van der Waals surface area contributed by atoms with Gasteiger partial charge in [-0.05, 0) is 19.8 Å². The van der Waals surface area contributed by atoms with E-state index in [4.69, 9.17) is 4.52 Å². The fourth-order valence-electron chi connectivity index (χ4n) is 2.98. The van der Waals surface area contributed by atoms with Crippen molar-refractivity contribution < 1.29 is 14.1 Å². The quantitative estimate of drug-likeness (QED) is 0.888. The molecule has 3 heterocycles. The maximum atomic E-state index is 12.2. The highest BCUT2D eigenvalue weighted by molar-refractivity contribution is 5.88. The monoisotopic (exact) mass is 321 g/mol. The molecular formula is C15H23N5O3. The van der Waals surface area contributed by atoms with Crippen molar-refractivity contribution in [3.8, 4) is 0 Å². The number of carbonyl (C=O) groups excluding carboxylic acids is 2. The Morgan fingerprint density at radius 3 is 2.43 bits per heavy atom. The zero-order chi connectivity index (χ0) is 16.2. The number of piperazine rings is 1. The summed E-state index contributed by atoms with van der Waals surface area (Å²) in [6.07, 6.45) is 2.22. The first-order chi connectivity index (χ1) is 11.1. The van der Waals surface area contributed by atoms with Crippen LogP contribution in [0.3, 0.4) is 0 Å². The Balaban J connectivity index is 1.42. The second-order valence-electron chi connectivity index (χ2n) is 6.10. The van der Waals surface area contributed by atoms with Crippen LogP contribution < -0.4 is 5.32 Å². The SMILES string of the molecule is Cc1cc(NC(=O)N2CCN(CC(=O)N3CCCC3)CC2)no1. The molecule has 0 radical (unpaired) electrons. The Hall–Kier alpha value is -2.09. The van der Waals surface area contributed by atoms with Gasteiger partial charge in [0.1, 0.15) is 5.76 Å². The molecular weight excluding hydrogens is 298 g/mol. The van der Waals surface area contributed by atoms with Crippen LogP contribution in [0.4, 0.5) is 10.6 Å². The topological polar surface area (TPSA) is 81.9 Å². The van der Waals surface area contributed by atoms with Gasteiger partial charge in [-0.2, -0.15) is 0 Å². The van der Waals surface area contributed by atoms with Crippen molar-refractivity contribution in [1.29, 1.82) is 0 Å². The van der Waals surface area contributed by atoms with Gasteiger partial charge in [0.2, 0.25) is 5.91 Å². The third-order valence-electron chi connectivity index (χ3n) is 4.34. The minimum atomic E-state index is -0.177. The van der Waals surface area contributed by atoms with Crippen LogP contribution in [0.2, 0.25) is 0 Å². The van der Waals surface area contributed by atoms with Crippen LogP contribution in [0.25, 0.3) is 0 Å². The molecule has 1 aromatic heterocycles. The third kappa shape index (κ3) is 4.01. The first-order valence-corrected chi connectivity index (χ1v) is 8.11. The summed E-state index contributed by atoms with van der Waals surface area (Å²) >= 11 is 0. The highest BCUT2D eigenvalue weighted by Gasteiger charge is 2.25. The summed E-state index contributed by atoms with van der Waals surface area (Å²) in [7, 11) is 0. The summed E-state index contributed by atoms with van der Waals surface area (Å²) in [5.41, 5.74) is 0. The number of carbonyl (C=O) groups is 2. The van der Waals surface area contributed by atoms with E-state index in [1.807, 2.05) is 4.90 Å². The lowest BCUT2D eigenvalue weighted by atomic mass is 10.3. The van der Waals surface area contributed by atoms with E-state index in [0.717, 1.165) is 25.9 Å². The van der Waals surface area contributed by atoms with Crippen LogP contribution >= 0.6 is 0 Å². The Labute approximate surface area is 135 Å².